The maximum Gasteiger partial charge on any atom is 0.178 e. The molecule has 0 atom stereocenters. The molecule has 0 saturated heterocycles. The lowest BCUT2D eigenvalue weighted by atomic mass is 10.4. The molecule has 1 rings (SSSR count). The van der Waals surface area contributed by atoms with E-state index in [1.165, 1.54) is 0 Å². The van der Waals surface area contributed by atoms with Crippen LogP contribution in [0.3, 0.4) is 0 Å². The van der Waals surface area contributed by atoms with Crippen LogP contribution in [0.1, 0.15) is 5.76 Å². The maximum atomic E-state index is 5.13. The van der Waals surface area contributed by atoms with Gasteiger partial charge in [0.1, 0.15) is 0 Å². The molecule has 0 radical (unpaired) electrons. The number of hydrogen-bond acceptors (Lipinski definition) is 3. The third kappa shape index (κ3) is 1.16. The van der Waals surface area contributed by atoms with Crippen LogP contribution in [0.25, 0.3) is 0 Å². The normalized spacial score (nSPS) is 11.6. The average Bonchev–Trinajstić information content (AvgIpc) is 2.43. The largest absolute Gasteiger partial charge is 0.461 e. The highest BCUT2D eigenvalue weighted by Gasteiger charge is 2.00. The van der Waals surface area contributed by atoms with Crippen LogP contribution < -0.4 is 11.3 Å². The van der Waals surface area contributed by atoms with Crippen molar-refractivity contribution in [2.75, 3.05) is 7.05 Å². The molecule has 0 spiro atoms. The molecule has 54 valence electrons. The maximum absolute atomic E-state index is 5.13. The molecular formula is C6H9N3O. The molecule has 1 aromatic rings. The second-order valence-electron chi connectivity index (χ2n) is 1.69. The Morgan fingerprint density at radius 2 is 2.60 bits per heavy atom. The summed E-state index contributed by atoms with van der Waals surface area (Å²) in [6, 6.07) is 3.56. The molecule has 0 aliphatic carbocycles. The Bertz CT molecular complexity index is 215. The van der Waals surface area contributed by atoms with Gasteiger partial charge in [-0.3, -0.25) is 4.99 Å². The van der Waals surface area contributed by atoms with E-state index in [9.17, 15) is 0 Å². The van der Waals surface area contributed by atoms with Gasteiger partial charge in [-0.25, -0.2) is 5.84 Å². The first-order chi connectivity index (χ1) is 4.88. The minimum absolute atomic E-state index is 0.546. The van der Waals surface area contributed by atoms with E-state index in [0.29, 0.717) is 11.6 Å². The van der Waals surface area contributed by atoms with Crippen LogP contribution in [-0.4, -0.2) is 12.9 Å². The van der Waals surface area contributed by atoms with Crippen molar-refractivity contribution >= 4 is 5.84 Å². The molecule has 0 aliphatic heterocycles. The number of aliphatic imine (C=N–C) groups is 1. The summed E-state index contributed by atoms with van der Waals surface area (Å²) in [5, 5.41) is 0. The topological polar surface area (TPSA) is 63.5 Å². The number of nitrogens with two attached hydrogens (primary N) is 1. The van der Waals surface area contributed by atoms with Gasteiger partial charge in [-0.1, -0.05) is 0 Å². The van der Waals surface area contributed by atoms with Gasteiger partial charge in [0.05, 0.1) is 6.26 Å². The van der Waals surface area contributed by atoms with Crippen molar-refractivity contribution in [3.8, 4) is 0 Å². The van der Waals surface area contributed by atoms with Gasteiger partial charge in [-0.05, 0) is 12.1 Å². The first-order valence-corrected chi connectivity index (χ1v) is 2.85. The smallest absolute Gasteiger partial charge is 0.178 e. The lowest BCUT2D eigenvalue weighted by Gasteiger charge is -1.97. The van der Waals surface area contributed by atoms with Crippen LogP contribution in [0.5, 0.6) is 0 Å². The van der Waals surface area contributed by atoms with Gasteiger partial charge in [0.15, 0.2) is 11.6 Å². The summed E-state index contributed by atoms with van der Waals surface area (Å²) < 4.78 is 5.00. The zero-order valence-corrected chi connectivity index (χ0v) is 5.66. The highest BCUT2D eigenvalue weighted by Crippen LogP contribution is 1.98. The molecule has 0 aromatic carbocycles. The molecule has 4 nitrogen and oxygen atoms in total. The van der Waals surface area contributed by atoms with E-state index >= 15 is 0 Å². The fourth-order valence-corrected chi connectivity index (χ4v) is 0.659. The number of furan rings is 1. The highest BCUT2D eigenvalue weighted by molar-refractivity contribution is 5.95. The Morgan fingerprint density at radius 1 is 1.80 bits per heavy atom. The number of nitrogens with zero attached hydrogens (tertiary/aromatic N) is 1. The summed E-state index contributed by atoms with van der Waals surface area (Å²) >= 11 is 0. The minimum Gasteiger partial charge on any atom is -0.461 e. The summed E-state index contributed by atoms with van der Waals surface area (Å²) in [6.07, 6.45) is 1.57. The summed E-state index contributed by atoms with van der Waals surface area (Å²) in [7, 11) is 1.64. The molecule has 0 saturated carbocycles. The molecule has 0 aliphatic rings. The summed E-state index contributed by atoms with van der Waals surface area (Å²) in [4.78, 5) is 3.84. The Kier molecular flexibility index (Phi) is 2.07. The predicted octanol–water partition coefficient (Wildman–Crippen LogP) is 0.119. The highest BCUT2D eigenvalue weighted by atomic mass is 16.3. The second kappa shape index (κ2) is 3.03. The SMILES string of the molecule is CN=C(NN)c1ccco1. The van der Waals surface area contributed by atoms with Crippen molar-refractivity contribution in [2.45, 2.75) is 0 Å². The predicted molar refractivity (Wildman–Crippen MR) is 38.5 cm³/mol. The van der Waals surface area contributed by atoms with Crippen molar-refractivity contribution in [1.82, 2.24) is 5.43 Å². The van der Waals surface area contributed by atoms with Crippen LogP contribution in [-0.2, 0) is 0 Å². The third-order valence-corrected chi connectivity index (χ3v) is 1.11. The molecule has 1 heterocycles. The van der Waals surface area contributed by atoms with Crippen molar-refractivity contribution in [3.63, 3.8) is 0 Å². The van der Waals surface area contributed by atoms with Crippen molar-refractivity contribution in [3.05, 3.63) is 24.2 Å². The number of amidine groups is 1. The Balaban J connectivity index is 2.85. The van der Waals surface area contributed by atoms with Crippen LogP contribution in [0, 0.1) is 0 Å². The average molecular weight is 139 g/mol. The zero-order chi connectivity index (χ0) is 7.40. The van der Waals surface area contributed by atoms with Gasteiger partial charge in [0.2, 0.25) is 0 Å². The van der Waals surface area contributed by atoms with E-state index in [2.05, 4.69) is 10.4 Å². The minimum atomic E-state index is 0.546. The lowest BCUT2D eigenvalue weighted by molar-refractivity contribution is 0.553. The molecule has 3 N–H and O–H groups in total. The van der Waals surface area contributed by atoms with Crippen LogP contribution in [0.15, 0.2) is 27.8 Å². The quantitative estimate of drug-likeness (QED) is 0.251. The van der Waals surface area contributed by atoms with Gasteiger partial charge in [-0.2, -0.15) is 0 Å². The van der Waals surface area contributed by atoms with Crippen LogP contribution in [0.2, 0.25) is 0 Å². The first kappa shape index (κ1) is 6.82. The fraction of sp³-hybridized carbons (Fsp3) is 0.167. The zero-order valence-electron chi connectivity index (χ0n) is 5.66. The molecular weight excluding hydrogens is 130 g/mol. The Morgan fingerprint density at radius 3 is 3.00 bits per heavy atom. The second-order valence-corrected chi connectivity index (χ2v) is 1.69. The van der Waals surface area contributed by atoms with E-state index in [4.69, 9.17) is 10.3 Å². The van der Waals surface area contributed by atoms with Crippen molar-refractivity contribution in [2.24, 2.45) is 10.8 Å². The molecule has 4 heteroatoms. The lowest BCUT2D eigenvalue weighted by Crippen LogP contribution is -2.30. The van der Waals surface area contributed by atoms with E-state index in [1.807, 2.05) is 0 Å². The van der Waals surface area contributed by atoms with Gasteiger partial charge >= 0.3 is 0 Å². The molecule has 0 amide bonds. The van der Waals surface area contributed by atoms with Gasteiger partial charge in [0.25, 0.3) is 0 Å². The third-order valence-electron chi connectivity index (χ3n) is 1.11. The first-order valence-electron chi connectivity index (χ1n) is 2.85. The van der Waals surface area contributed by atoms with Gasteiger partial charge in [0, 0.05) is 7.05 Å². The van der Waals surface area contributed by atoms with E-state index in [1.54, 1.807) is 25.4 Å². The number of hydrazine groups is 1. The molecule has 0 unspecified atom stereocenters. The molecule has 0 bridgehead atoms. The Labute approximate surface area is 58.7 Å². The van der Waals surface area contributed by atoms with E-state index in [-0.39, 0.29) is 0 Å². The number of rotatable bonds is 1. The summed E-state index contributed by atoms with van der Waals surface area (Å²) in [5.74, 6) is 6.32. The monoisotopic (exact) mass is 139 g/mol. The van der Waals surface area contributed by atoms with Crippen LogP contribution in [0.4, 0.5) is 0 Å². The van der Waals surface area contributed by atoms with Crippen LogP contribution >= 0.6 is 0 Å². The summed E-state index contributed by atoms with van der Waals surface area (Å²) in [6.45, 7) is 0. The van der Waals surface area contributed by atoms with Gasteiger partial charge < -0.3 is 9.84 Å². The standard InChI is InChI=1S/C6H9N3O/c1-8-6(9-7)5-3-2-4-10-5/h2-4H,7H2,1H3,(H,8,9). The van der Waals surface area contributed by atoms with Crippen molar-refractivity contribution in [1.29, 1.82) is 0 Å². The number of nitrogens with one attached hydrogen (secondary N) is 1. The van der Waals surface area contributed by atoms with E-state index in [0.717, 1.165) is 0 Å². The van der Waals surface area contributed by atoms with Gasteiger partial charge in [-0.15, -0.1) is 0 Å². The number of hydrogen-bond donors (Lipinski definition) is 2. The van der Waals surface area contributed by atoms with E-state index < -0.39 is 0 Å². The molecule has 10 heavy (non-hydrogen) atoms. The molecule has 1 aromatic heterocycles. The Hall–Kier alpha value is -1.29. The summed E-state index contributed by atoms with van der Waals surface area (Å²) in [5.41, 5.74) is 2.41. The fourth-order valence-electron chi connectivity index (χ4n) is 0.659. The molecule has 0 fully saturated rings. The van der Waals surface area contributed by atoms with Crippen molar-refractivity contribution < 1.29 is 4.42 Å².